The summed E-state index contributed by atoms with van der Waals surface area (Å²) in [5.74, 6) is 1.54. The number of hydrogen-bond donors (Lipinski definition) is 0. The van der Waals surface area contributed by atoms with Crippen LogP contribution in [0.4, 0.5) is 0 Å². The normalized spacial score (nSPS) is 12.0. The molecule has 0 unspecified atom stereocenters. The fraction of sp³-hybridized carbons (Fsp3) is 0.500. The lowest BCUT2D eigenvalue weighted by atomic mass is 9.94. The maximum absolute atomic E-state index is 5.73. The van der Waals surface area contributed by atoms with Gasteiger partial charge in [0.25, 0.3) is 0 Å². The average Bonchev–Trinajstić information content (AvgIpc) is 2.85. The first-order chi connectivity index (χ1) is 7.50. The van der Waals surface area contributed by atoms with Gasteiger partial charge in [-0.3, -0.25) is 4.68 Å². The zero-order valence-corrected chi connectivity index (χ0v) is 10.2. The van der Waals surface area contributed by atoms with Crippen molar-refractivity contribution in [1.29, 1.82) is 0 Å². The van der Waals surface area contributed by atoms with Crippen LogP contribution >= 0.6 is 0 Å². The number of aromatic nitrogens is 3. The summed E-state index contributed by atoms with van der Waals surface area (Å²) < 4.78 is 7.58. The molecule has 0 N–H and O–H groups in total. The van der Waals surface area contributed by atoms with Crippen molar-refractivity contribution in [3.8, 4) is 11.5 Å². The van der Waals surface area contributed by atoms with Crippen molar-refractivity contribution in [1.82, 2.24) is 14.8 Å². The van der Waals surface area contributed by atoms with Gasteiger partial charge >= 0.3 is 0 Å². The minimum atomic E-state index is -0.00794. The smallest absolute Gasteiger partial charge is 0.229 e. The molecule has 2 aromatic heterocycles. The molecule has 4 heteroatoms. The lowest BCUT2D eigenvalue weighted by molar-refractivity contribution is 0.416. The van der Waals surface area contributed by atoms with Crippen LogP contribution in [0.2, 0.25) is 0 Å². The topological polar surface area (TPSA) is 43.9 Å². The Labute approximate surface area is 95.3 Å². The van der Waals surface area contributed by atoms with E-state index in [1.165, 1.54) is 0 Å². The van der Waals surface area contributed by atoms with Crippen molar-refractivity contribution in [3.63, 3.8) is 0 Å². The molecule has 86 valence electrons. The first-order valence-corrected chi connectivity index (χ1v) is 5.50. The summed E-state index contributed by atoms with van der Waals surface area (Å²) in [6.45, 7) is 9.21. The largest absolute Gasteiger partial charge is 0.441 e. The molecule has 0 aliphatic carbocycles. The van der Waals surface area contributed by atoms with Gasteiger partial charge < -0.3 is 4.42 Å². The average molecular weight is 219 g/mol. The van der Waals surface area contributed by atoms with Gasteiger partial charge in [-0.1, -0.05) is 20.8 Å². The number of oxazole rings is 1. The Morgan fingerprint density at radius 3 is 2.56 bits per heavy atom. The minimum Gasteiger partial charge on any atom is -0.441 e. The standard InChI is InChI=1S/C12H17N3O/c1-5-15-8-9(6-14-15)11-13-7-10(16-11)12(2,3)4/h6-8H,5H2,1-4H3. The van der Waals surface area contributed by atoms with Crippen molar-refractivity contribution >= 4 is 0 Å². The van der Waals surface area contributed by atoms with E-state index in [1.807, 2.05) is 17.8 Å². The summed E-state index contributed by atoms with van der Waals surface area (Å²) in [5.41, 5.74) is 0.920. The van der Waals surface area contributed by atoms with Gasteiger partial charge in [-0.15, -0.1) is 0 Å². The molecule has 0 fully saturated rings. The number of rotatable bonds is 2. The van der Waals surface area contributed by atoms with Gasteiger partial charge in [0.1, 0.15) is 5.76 Å². The highest BCUT2D eigenvalue weighted by atomic mass is 16.4. The molecule has 0 aliphatic heterocycles. The fourth-order valence-electron chi connectivity index (χ4n) is 1.40. The summed E-state index contributed by atoms with van der Waals surface area (Å²) in [7, 11) is 0. The van der Waals surface area contributed by atoms with Gasteiger partial charge in [-0.25, -0.2) is 4.98 Å². The molecule has 16 heavy (non-hydrogen) atoms. The monoisotopic (exact) mass is 219 g/mol. The van der Waals surface area contributed by atoms with E-state index in [1.54, 1.807) is 12.4 Å². The Hall–Kier alpha value is -1.58. The zero-order chi connectivity index (χ0) is 11.8. The molecular formula is C12H17N3O. The summed E-state index contributed by atoms with van der Waals surface area (Å²) in [6, 6.07) is 0. The third-order valence-corrected chi connectivity index (χ3v) is 2.45. The number of aryl methyl sites for hydroxylation is 1. The van der Waals surface area contributed by atoms with Crippen LogP contribution in [-0.2, 0) is 12.0 Å². The molecule has 2 rings (SSSR count). The zero-order valence-electron chi connectivity index (χ0n) is 10.2. The maximum atomic E-state index is 5.73. The molecule has 0 amide bonds. The van der Waals surface area contributed by atoms with Crippen molar-refractivity contribution < 1.29 is 4.42 Å². The molecule has 0 saturated carbocycles. The third-order valence-electron chi connectivity index (χ3n) is 2.45. The molecule has 2 heterocycles. The SMILES string of the molecule is CCn1cc(-c2ncc(C(C)(C)C)o2)cn1. The van der Waals surface area contributed by atoms with Crippen molar-refractivity contribution in [2.75, 3.05) is 0 Å². The molecule has 0 atom stereocenters. The van der Waals surface area contributed by atoms with Crippen molar-refractivity contribution in [3.05, 3.63) is 24.4 Å². The number of nitrogens with zero attached hydrogens (tertiary/aromatic N) is 3. The molecule has 0 bridgehead atoms. The predicted octanol–water partition coefficient (Wildman–Crippen LogP) is 2.86. The molecule has 4 nitrogen and oxygen atoms in total. The van der Waals surface area contributed by atoms with E-state index >= 15 is 0 Å². The lowest BCUT2D eigenvalue weighted by Gasteiger charge is -2.12. The molecule has 0 aromatic carbocycles. The van der Waals surface area contributed by atoms with E-state index in [0.29, 0.717) is 5.89 Å². The highest BCUT2D eigenvalue weighted by Crippen LogP contribution is 2.26. The van der Waals surface area contributed by atoms with Crippen LogP contribution in [0, 0.1) is 0 Å². The van der Waals surface area contributed by atoms with Gasteiger partial charge in [0.05, 0.1) is 18.0 Å². The second-order valence-electron chi connectivity index (χ2n) is 4.86. The second-order valence-corrected chi connectivity index (χ2v) is 4.86. The van der Waals surface area contributed by atoms with Crippen LogP contribution in [0.3, 0.4) is 0 Å². The van der Waals surface area contributed by atoms with Crippen LogP contribution in [-0.4, -0.2) is 14.8 Å². The van der Waals surface area contributed by atoms with Crippen molar-refractivity contribution in [2.45, 2.75) is 39.7 Å². The molecular weight excluding hydrogens is 202 g/mol. The Balaban J connectivity index is 2.31. The summed E-state index contributed by atoms with van der Waals surface area (Å²) in [6.07, 6.45) is 5.51. The Bertz CT molecular complexity index is 476. The van der Waals surface area contributed by atoms with E-state index in [9.17, 15) is 0 Å². The fourth-order valence-corrected chi connectivity index (χ4v) is 1.40. The Morgan fingerprint density at radius 2 is 2.06 bits per heavy atom. The van der Waals surface area contributed by atoms with Gasteiger partial charge in [0.2, 0.25) is 5.89 Å². The van der Waals surface area contributed by atoms with E-state index < -0.39 is 0 Å². The van der Waals surface area contributed by atoms with Crippen LogP contribution in [0.25, 0.3) is 11.5 Å². The molecule has 2 aromatic rings. The summed E-state index contributed by atoms with van der Waals surface area (Å²) >= 11 is 0. The highest BCUT2D eigenvalue weighted by Gasteiger charge is 2.20. The van der Waals surface area contributed by atoms with Crippen LogP contribution in [0.15, 0.2) is 23.0 Å². The minimum absolute atomic E-state index is 0.00794. The van der Waals surface area contributed by atoms with E-state index in [0.717, 1.165) is 17.9 Å². The van der Waals surface area contributed by atoms with Crippen LogP contribution < -0.4 is 0 Å². The maximum Gasteiger partial charge on any atom is 0.229 e. The quantitative estimate of drug-likeness (QED) is 0.780. The van der Waals surface area contributed by atoms with Gasteiger partial charge in [-0.2, -0.15) is 5.10 Å². The first kappa shape index (κ1) is 10.9. The van der Waals surface area contributed by atoms with Crippen molar-refractivity contribution in [2.24, 2.45) is 0 Å². The van der Waals surface area contributed by atoms with E-state index in [-0.39, 0.29) is 5.41 Å². The highest BCUT2D eigenvalue weighted by molar-refractivity contribution is 5.50. The van der Waals surface area contributed by atoms with Gasteiger partial charge in [0, 0.05) is 18.2 Å². The third kappa shape index (κ3) is 2.01. The lowest BCUT2D eigenvalue weighted by Crippen LogP contribution is -2.09. The van der Waals surface area contributed by atoms with Crippen LogP contribution in [0.1, 0.15) is 33.5 Å². The molecule has 0 radical (unpaired) electrons. The van der Waals surface area contributed by atoms with E-state index in [4.69, 9.17) is 4.42 Å². The summed E-state index contributed by atoms with van der Waals surface area (Å²) in [4.78, 5) is 4.28. The Kier molecular flexibility index (Phi) is 2.58. The van der Waals surface area contributed by atoms with E-state index in [2.05, 4.69) is 30.9 Å². The van der Waals surface area contributed by atoms with Gasteiger partial charge in [-0.05, 0) is 6.92 Å². The summed E-state index contributed by atoms with van der Waals surface area (Å²) in [5, 5.41) is 4.20. The predicted molar refractivity (Wildman–Crippen MR) is 62.1 cm³/mol. The second kappa shape index (κ2) is 3.77. The Morgan fingerprint density at radius 1 is 1.31 bits per heavy atom. The number of hydrogen-bond acceptors (Lipinski definition) is 3. The van der Waals surface area contributed by atoms with Gasteiger partial charge in [0.15, 0.2) is 0 Å². The first-order valence-electron chi connectivity index (χ1n) is 5.50. The molecule has 0 saturated heterocycles. The molecule has 0 spiro atoms. The van der Waals surface area contributed by atoms with Crippen LogP contribution in [0.5, 0.6) is 0 Å². The molecule has 0 aliphatic rings.